The van der Waals surface area contributed by atoms with Crippen molar-refractivity contribution in [1.82, 2.24) is 5.43 Å². The van der Waals surface area contributed by atoms with E-state index < -0.39 is 11.8 Å². The molecule has 0 bridgehead atoms. The molecule has 0 aliphatic carbocycles. The summed E-state index contributed by atoms with van der Waals surface area (Å²) in [6, 6.07) is 0. The van der Waals surface area contributed by atoms with Gasteiger partial charge in [-0.2, -0.15) is 0 Å². The maximum absolute atomic E-state index is 10.6. The minimum Gasteiger partial charge on any atom is -0.366 e. The Balaban J connectivity index is 4.52. The van der Waals surface area contributed by atoms with Crippen LogP contribution in [-0.2, 0) is 9.59 Å². The largest absolute Gasteiger partial charge is 0.366 e. The van der Waals surface area contributed by atoms with E-state index in [-0.39, 0.29) is 5.57 Å². The first kappa shape index (κ1) is 9.31. The summed E-state index contributed by atoms with van der Waals surface area (Å²) in [5.41, 5.74) is 6.30. The zero-order valence-electron chi connectivity index (χ0n) is 5.63. The van der Waals surface area contributed by atoms with Crippen LogP contribution in [0.1, 0.15) is 0 Å². The fraction of sp³-hybridized carbons (Fsp3) is 0. The minimum absolute atomic E-state index is 0.181. The lowest BCUT2D eigenvalue weighted by Crippen LogP contribution is -2.32. The maximum atomic E-state index is 10.6. The monoisotopic (exact) mass is 156 g/mol. The molecule has 0 saturated carbocycles. The molecule has 0 aromatic carbocycles. The second kappa shape index (κ2) is 4.18. The van der Waals surface area contributed by atoms with Gasteiger partial charge in [-0.3, -0.25) is 15.0 Å². The third-order valence-electron chi connectivity index (χ3n) is 0.847. The molecular weight excluding hydrogens is 148 g/mol. The molecule has 2 amide bonds. The van der Waals surface area contributed by atoms with Gasteiger partial charge in [-0.1, -0.05) is 0 Å². The number of amides is 2. The van der Waals surface area contributed by atoms with Crippen molar-refractivity contribution < 1.29 is 9.59 Å². The lowest BCUT2D eigenvalue weighted by atomic mass is 10.2. The quantitative estimate of drug-likeness (QED) is 0.125. The zero-order chi connectivity index (χ0) is 8.85. The molecule has 0 heterocycles. The first-order chi connectivity index (χ1) is 5.11. The molecule has 60 valence electrons. The van der Waals surface area contributed by atoms with Crippen LogP contribution in [0.4, 0.5) is 0 Å². The van der Waals surface area contributed by atoms with Crippen LogP contribution < -0.4 is 17.0 Å². The molecule has 0 fully saturated rings. The third-order valence-corrected chi connectivity index (χ3v) is 0.847. The van der Waals surface area contributed by atoms with Gasteiger partial charge in [0.2, 0.25) is 5.91 Å². The molecular formula is C5H8N4O2. The first-order valence-electron chi connectivity index (χ1n) is 2.64. The van der Waals surface area contributed by atoms with Gasteiger partial charge in [-0.25, -0.2) is 5.84 Å². The Bertz CT molecular complexity index is 221. The number of carbonyl (C=O) groups excluding carboxylic acids is 2. The Labute approximate surface area is 62.7 Å². The summed E-state index contributed by atoms with van der Waals surface area (Å²) in [7, 11) is 0. The summed E-state index contributed by atoms with van der Waals surface area (Å²) in [5, 5.41) is 6.67. The Hall–Kier alpha value is -1.69. The predicted octanol–water partition coefficient (Wildman–Crippen LogP) is -1.96. The highest BCUT2D eigenvalue weighted by atomic mass is 16.2. The Morgan fingerprint density at radius 3 is 2.27 bits per heavy atom. The Morgan fingerprint density at radius 2 is 2.00 bits per heavy atom. The number of hydrogen-bond donors (Lipinski definition) is 4. The third kappa shape index (κ3) is 3.11. The molecule has 0 rings (SSSR count). The van der Waals surface area contributed by atoms with Gasteiger partial charge >= 0.3 is 0 Å². The van der Waals surface area contributed by atoms with Crippen LogP contribution in [-0.4, -0.2) is 18.0 Å². The average Bonchev–Trinajstić information content (AvgIpc) is 1.98. The molecule has 0 unspecified atom stereocenters. The number of nitrogens with two attached hydrogens (primary N) is 2. The van der Waals surface area contributed by atoms with Gasteiger partial charge in [-0.15, -0.1) is 0 Å². The van der Waals surface area contributed by atoms with Crippen LogP contribution >= 0.6 is 0 Å². The lowest BCUT2D eigenvalue weighted by Gasteiger charge is -1.95. The molecule has 11 heavy (non-hydrogen) atoms. The van der Waals surface area contributed by atoms with Crippen LogP contribution in [0.25, 0.3) is 0 Å². The van der Waals surface area contributed by atoms with Crippen LogP contribution in [0.3, 0.4) is 0 Å². The summed E-state index contributed by atoms with van der Waals surface area (Å²) < 4.78 is 0. The molecule has 0 aromatic rings. The van der Waals surface area contributed by atoms with Crippen LogP contribution in [0, 0.1) is 5.41 Å². The van der Waals surface area contributed by atoms with E-state index in [0.717, 1.165) is 6.08 Å². The summed E-state index contributed by atoms with van der Waals surface area (Å²) in [6.07, 6.45) is 1.50. The van der Waals surface area contributed by atoms with E-state index in [1.165, 1.54) is 0 Å². The van der Waals surface area contributed by atoms with Crippen molar-refractivity contribution in [3.63, 3.8) is 0 Å². The number of nitrogens with one attached hydrogen (secondary N) is 2. The summed E-state index contributed by atoms with van der Waals surface area (Å²) in [4.78, 5) is 20.8. The van der Waals surface area contributed by atoms with Gasteiger partial charge in [0.05, 0.1) is 5.57 Å². The molecule has 0 aliphatic rings. The van der Waals surface area contributed by atoms with Crippen molar-refractivity contribution >= 4 is 18.0 Å². The van der Waals surface area contributed by atoms with Gasteiger partial charge < -0.3 is 11.1 Å². The maximum Gasteiger partial charge on any atom is 0.266 e. The van der Waals surface area contributed by atoms with Gasteiger partial charge in [0.1, 0.15) is 0 Å². The van der Waals surface area contributed by atoms with Crippen molar-refractivity contribution in [3.05, 3.63) is 11.6 Å². The Kier molecular flexibility index (Phi) is 3.54. The van der Waals surface area contributed by atoms with E-state index in [1.54, 1.807) is 5.43 Å². The van der Waals surface area contributed by atoms with Crippen molar-refractivity contribution in [2.45, 2.75) is 0 Å². The van der Waals surface area contributed by atoms with E-state index in [2.05, 4.69) is 0 Å². The van der Waals surface area contributed by atoms with Crippen LogP contribution in [0.15, 0.2) is 11.6 Å². The van der Waals surface area contributed by atoms with E-state index in [4.69, 9.17) is 17.0 Å². The number of hydrogen-bond acceptors (Lipinski definition) is 4. The zero-order valence-corrected chi connectivity index (χ0v) is 5.63. The second-order valence-electron chi connectivity index (χ2n) is 1.62. The van der Waals surface area contributed by atoms with E-state index >= 15 is 0 Å². The standard InChI is InChI=1S/C5H8N4O2/c6-2-3(1-4(7)10)5(11)9-8/h1-2,6H,8H2,(H2,7,10)(H,9,11)/b3-1+,6-2?. The molecule has 6 heteroatoms. The summed E-state index contributed by atoms with van der Waals surface area (Å²) >= 11 is 0. The fourth-order valence-electron chi connectivity index (χ4n) is 0.409. The number of primary amides is 1. The van der Waals surface area contributed by atoms with Crippen molar-refractivity contribution in [2.24, 2.45) is 11.6 Å². The number of hydrazine groups is 1. The number of rotatable bonds is 3. The minimum atomic E-state index is -0.799. The van der Waals surface area contributed by atoms with E-state index in [9.17, 15) is 9.59 Å². The molecule has 0 aromatic heterocycles. The summed E-state index contributed by atoms with van der Waals surface area (Å²) in [5.74, 6) is 3.21. The van der Waals surface area contributed by atoms with Gasteiger partial charge in [0, 0.05) is 12.3 Å². The molecule has 6 N–H and O–H groups in total. The molecule has 0 atom stereocenters. The predicted molar refractivity (Wildman–Crippen MR) is 38.4 cm³/mol. The average molecular weight is 156 g/mol. The first-order valence-corrected chi connectivity index (χ1v) is 2.64. The van der Waals surface area contributed by atoms with E-state index in [0.29, 0.717) is 6.21 Å². The molecule has 0 radical (unpaired) electrons. The van der Waals surface area contributed by atoms with E-state index in [1.807, 2.05) is 0 Å². The SMILES string of the molecule is N=C/C(=C\C(N)=O)C(=O)NN. The highest BCUT2D eigenvalue weighted by Gasteiger charge is 2.04. The lowest BCUT2D eigenvalue weighted by molar-refractivity contribution is -0.118. The number of carbonyl (C=O) groups is 2. The molecule has 0 saturated heterocycles. The van der Waals surface area contributed by atoms with Crippen LogP contribution in [0.5, 0.6) is 0 Å². The van der Waals surface area contributed by atoms with Gasteiger partial charge in [0.25, 0.3) is 5.91 Å². The molecule has 0 aliphatic heterocycles. The topological polar surface area (TPSA) is 122 Å². The highest BCUT2D eigenvalue weighted by Crippen LogP contribution is 1.87. The smallest absolute Gasteiger partial charge is 0.266 e. The van der Waals surface area contributed by atoms with Crippen LogP contribution in [0.2, 0.25) is 0 Å². The second-order valence-corrected chi connectivity index (χ2v) is 1.62. The highest BCUT2D eigenvalue weighted by molar-refractivity contribution is 6.14. The normalized spacial score (nSPS) is 10.5. The van der Waals surface area contributed by atoms with Gasteiger partial charge in [-0.05, 0) is 0 Å². The molecule has 6 nitrogen and oxygen atoms in total. The van der Waals surface area contributed by atoms with Crippen molar-refractivity contribution in [3.8, 4) is 0 Å². The Morgan fingerprint density at radius 1 is 1.45 bits per heavy atom. The summed E-state index contributed by atoms with van der Waals surface area (Å²) in [6.45, 7) is 0. The van der Waals surface area contributed by atoms with Gasteiger partial charge in [0.15, 0.2) is 0 Å². The molecule has 0 spiro atoms. The van der Waals surface area contributed by atoms with Crippen molar-refractivity contribution in [1.29, 1.82) is 5.41 Å². The fourth-order valence-corrected chi connectivity index (χ4v) is 0.409. The van der Waals surface area contributed by atoms with Crippen molar-refractivity contribution in [2.75, 3.05) is 0 Å².